The minimum absolute atomic E-state index is 0.0103. The van der Waals surface area contributed by atoms with Crippen LogP contribution in [0.2, 0.25) is 0 Å². The molecule has 2 aromatic rings. The summed E-state index contributed by atoms with van der Waals surface area (Å²) in [5.41, 5.74) is 6.89. The minimum Gasteiger partial charge on any atom is -0.496 e. The van der Waals surface area contributed by atoms with Crippen LogP contribution in [0.1, 0.15) is 5.56 Å². The van der Waals surface area contributed by atoms with Gasteiger partial charge in [0.05, 0.1) is 18.4 Å². The summed E-state index contributed by atoms with van der Waals surface area (Å²) in [4.78, 5) is 0. The van der Waals surface area contributed by atoms with Crippen molar-refractivity contribution >= 4 is 5.84 Å². The third-order valence-corrected chi connectivity index (χ3v) is 2.24. The first kappa shape index (κ1) is 10.2. The second-order valence-corrected chi connectivity index (χ2v) is 3.25. The lowest BCUT2D eigenvalue weighted by molar-refractivity contribution is 0.413. The van der Waals surface area contributed by atoms with Crippen molar-refractivity contribution in [3.05, 3.63) is 42.2 Å². The van der Waals surface area contributed by atoms with E-state index in [9.17, 15) is 0 Å². The SMILES string of the molecule is COc1cc(-n2cccn2)ccc1C(=N)N. The van der Waals surface area contributed by atoms with Gasteiger partial charge in [-0.3, -0.25) is 5.41 Å². The van der Waals surface area contributed by atoms with Crippen LogP contribution in [0.4, 0.5) is 0 Å². The van der Waals surface area contributed by atoms with Gasteiger partial charge in [0.2, 0.25) is 0 Å². The van der Waals surface area contributed by atoms with Crippen molar-refractivity contribution in [3.63, 3.8) is 0 Å². The van der Waals surface area contributed by atoms with Crippen LogP contribution < -0.4 is 10.5 Å². The van der Waals surface area contributed by atoms with Crippen LogP contribution in [-0.2, 0) is 0 Å². The van der Waals surface area contributed by atoms with Gasteiger partial charge < -0.3 is 10.5 Å². The lowest BCUT2D eigenvalue weighted by Gasteiger charge is -2.09. The maximum Gasteiger partial charge on any atom is 0.131 e. The summed E-state index contributed by atoms with van der Waals surface area (Å²) in [5, 5.41) is 11.5. The average molecular weight is 216 g/mol. The van der Waals surface area contributed by atoms with Gasteiger partial charge in [0.1, 0.15) is 11.6 Å². The van der Waals surface area contributed by atoms with Crippen molar-refractivity contribution in [2.45, 2.75) is 0 Å². The maximum absolute atomic E-state index is 7.40. The van der Waals surface area contributed by atoms with Gasteiger partial charge in [0, 0.05) is 18.5 Å². The molecule has 0 radical (unpaired) electrons. The van der Waals surface area contributed by atoms with Crippen LogP contribution in [0, 0.1) is 5.41 Å². The number of methoxy groups -OCH3 is 1. The Bertz CT molecular complexity index is 505. The molecule has 0 fully saturated rings. The van der Waals surface area contributed by atoms with Crippen LogP contribution in [-0.4, -0.2) is 22.7 Å². The first-order chi connectivity index (χ1) is 7.72. The number of hydrogen-bond acceptors (Lipinski definition) is 3. The zero-order chi connectivity index (χ0) is 11.5. The van der Waals surface area contributed by atoms with E-state index in [1.807, 2.05) is 18.3 Å². The average Bonchev–Trinajstić information content (AvgIpc) is 2.81. The van der Waals surface area contributed by atoms with Crippen LogP contribution in [0.15, 0.2) is 36.7 Å². The van der Waals surface area contributed by atoms with E-state index < -0.39 is 0 Å². The van der Waals surface area contributed by atoms with Crippen LogP contribution >= 0.6 is 0 Å². The van der Waals surface area contributed by atoms with E-state index in [2.05, 4.69) is 5.10 Å². The Morgan fingerprint density at radius 3 is 2.88 bits per heavy atom. The molecule has 1 heterocycles. The number of benzene rings is 1. The molecule has 0 unspecified atom stereocenters. The Balaban J connectivity index is 2.49. The number of nitrogens with one attached hydrogen (secondary N) is 1. The Labute approximate surface area is 93.0 Å². The van der Waals surface area contributed by atoms with Gasteiger partial charge in [0.25, 0.3) is 0 Å². The molecular weight excluding hydrogens is 204 g/mol. The number of amidine groups is 1. The topological polar surface area (TPSA) is 76.9 Å². The predicted molar refractivity (Wildman–Crippen MR) is 61.1 cm³/mol. The molecule has 2 rings (SSSR count). The number of nitrogens with zero attached hydrogens (tertiary/aromatic N) is 2. The third kappa shape index (κ3) is 1.75. The number of hydrogen-bond donors (Lipinski definition) is 2. The van der Waals surface area contributed by atoms with Crippen molar-refractivity contribution in [1.29, 1.82) is 5.41 Å². The molecular formula is C11H12N4O. The molecule has 0 aliphatic heterocycles. The van der Waals surface area contributed by atoms with Crippen molar-refractivity contribution in [1.82, 2.24) is 9.78 Å². The molecule has 3 N–H and O–H groups in total. The molecule has 82 valence electrons. The zero-order valence-corrected chi connectivity index (χ0v) is 8.84. The monoisotopic (exact) mass is 216 g/mol. The minimum atomic E-state index is -0.0103. The van der Waals surface area contributed by atoms with Crippen molar-refractivity contribution in [3.8, 4) is 11.4 Å². The first-order valence-corrected chi connectivity index (χ1v) is 4.75. The summed E-state index contributed by atoms with van der Waals surface area (Å²) in [6.07, 6.45) is 3.54. The second kappa shape index (κ2) is 4.06. The number of nitrogen functional groups attached to an aromatic ring is 1. The maximum atomic E-state index is 7.40. The highest BCUT2D eigenvalue weighted by atomic mass is 16.5. The summed E-state index contributed by atoms with van der Waals surface area (Å²) >= 11 is 0. The van der Waals surface area contributed by atoms with Crippen LogP contribution in [0.25, 0.3) is 5.69 Å². The Morgan fingerprint density at radius 1 is 1.50 bits per heavy atom. The van der Waals surface area contributed by atoms with E-state index in [0.717, 1.165) is 5.69 Å². The van der Waals surface area contributed by atoms with Crippen molar-refractivity contribution in [2.75, 3.05) is 7.11 Å². The summed E-state index contributed by atoms with van der Waals surface area (Å²) in [5.74, 6) is 0.560. The number of rotatable bonds is 3. The fourth-order valence-corrected chi connectivity index (χ4v) is 1.47. The van der Waals surface area contributed by atoms with E-state index >= 15 is 0 Å². The lowest BCUT2D eigenvalue weighted by atomic mass is 10.1. The molecule has 0 saturated heterocycles. The van der Waals surface area contributed by atoms with Gasteiger partial charge in [-0.1, -0.05) is 0 Å². The van der Waals surface area contributed by atoms with Crippen molar-refractivity contribution < 1.29 is 4.74 Å². The smallest absolute Gasteiger partial charge is 0.131 e. The molecule has 1 aromatic heterocycles. The van der Waals surface area contributed by atoms with Crippen molar-refractivity contribution in [2.24, 2.45) is 5.73 Å². The Morgan fingerprint density at radius 2 is 2.31 bits per heavy atom. The summed E-state index contributed by atoms with van der Waals surface area (Å²) in [6, 6.07) is 7.22. The highest BCUT2D eigenvalue weighted by Crippen LogP contribution is 2.21. The normalized spacial score (nSPS) is 10.1. The number of aromatic nitrogens is 2. The van der Waals surface area contributed by atoms with Gasteiger partial charge in [-0.05, 0) is 18.2 Å². The zero-order valence-electron chi connectivity index (χ0n) is 8.84. The Kier molecular flexibility index (Phi) is 2.59. The molecule has 0 amide bonds. The molecule has 5 heteroatoms. The molecule has 0 bridgehead atoms. The van der Waals surface area contributed by atoms with Gasteiger partial charge >= 0.3 is 0 Å². The molecule has 5 nitrogen and oxygen atoms in total. The second-order valence-electron chi connectivity index (χ2n) is 3.25. The summed E-state index contributed by atoms with van der Waals surface area (Å²) < 4.78 is 6.90. The van der Waals surface area contributed by atoms with E-state index in [1.165, 1.54) is 0 Å². The fraction of sp³-hybridized carbons (Fsp3) is 0.0909. The standard InChI is InChI=1S/C11H12N4O/c1-16-10-7-8(15-6-2-5-14-15)3-4-9(10)11(12)13/h2-7H,1H3,(H3,12,13). The predicted octanol–water partition coefficient (Wildman–Crippen LogP) is 1.16. The van der Waals surface area contributed by atoms with Crippen LogP contribution in [0.5, 0.6) is 5.75 Å². The van der Waals surface area contributed by atoms with Gasteiger partial charge in [0.15, 0.2) is 0 Å². The highest BCUT2D eigenvalue weighted by molar-refractivity contribution is 5.97. The molecule has 0 saturated carbocycles. The molecule has 0 aliphatic rings. The fourth-order valence-electron chi connectivity index (χ4n) is 1.47. The van der Waals surface area contributed by atoms with E-state index in [0.29, 0.717) is 11.3 Å². The van der Waals surface area contributed by atoms with E-state index in [-0.39, 0.29) is 5.84 Å². The quantitative estimate of drug-likeness (QED) is 0.597. The van der Waals surface area contributed by atoms with Gasteiger partial charge in [-0.15, -0.1) is 0 Å². The molecule has 1 aromatic carbocycles. The largest absolute Gasteiger partial charge is 0.496 e. The molecule has 0 aliphatic carbocycles. The van der Waals surface area contributed by atoms with Crippen LogP contribution in [0.3, 0.4) is 0 Å². The molecule has 0 atom stereocenters. The Hall–Kier alpha value is -2.30. The number of nitrogens with two attached hydrogens (primary N) is 1. The highest BCUT2D eigenvalue weighted by Gasteiger charge is 2.07. The number of ether oxygens (including phenoxy) is 1. The third-order valence-electron chi connectivity index (χ3n) is 2.24. The first-order valence-electron chi connectivity index (χ1n) is 4.75. The van der Waals surface area contributed by atoms with Gasteiger partial charge in [-0.2, -0.15) is 5.10 Å². The molecule has 0 spiro atoms. The van der Waals surface area contributed by atoms with Gasteiger partial charge in [-0.25, -0.2) is 4.68 Å². The molecule has 16 heavy (non-hydrogen) atoms. The van der Waals surface area contributed by atoms with E-state index in [1.54, 1.807) is 30.1 Å². The summed E-state index contributed by atoms with van der Waals surface area (Å²) in [7, 11) is 1.55. The van der Waals surface area contributed by atoms with E-state index in [4.69, 9.17) is 15.9 Å². The summed E-state index contributed by atoms with van der Waals surface area (Å²) in [6.45, 7) is 0. The lowest BCUT2D eigenvalue weighted by Crippen LogP contribution is -2.12.